The second-order valence-electron chi connectivity index (χ2n) is 4.48. The SMILES string of the molecule is CCC(NC(=O)Nc1ccc(Br)cc1)c1ccccc1. The molecule has 0 saturated heterocycles. The number of urea groups is 1. The number of rotatable bonds is 4. The van der Waals surface area contributed by atoms with E-state index in [-0.39, 0.29) is 12.1 Å². The number of hydrogen-bond donors (Lipinski definition) is 2. The largest absolute Gasteiger partial charge is 0.331 e. The van der Waals surface area contributed by atoms with E-state index in [9.17, 15) is 4.79 Å². The Hall–Kier alpha value is -1.81. The summed E-state index contributed by atoms with van der Waals surface area (Å²) >= 11 is 3.37. The van der Waals surface area contributed by atoms with Crippen LogP contribution in [0.5, 0.6) is 0 Å². The number of benzene rings is 2. The molecule has 0 spiro atoms. The van der Waals surface area contributed by atoms with Gasteiger partial charge in [0.1, 0.15) is 0 Å². The fourth-order valence-electron chi connectivity index (χ4n) is 1.97. The van der Waals surface area contributed by atoms with E-state index < -0.39 is 0 Å². The van der Waals surface area contributed by atoms with Crippen LogP contribution in [-0.2, 0) is 0 Å². The van der Waals surface area contributed by atoms with Crippen LogP contribution in [0.4, 0.5) is 10.5 Å². The molecule has 0 heterocycles. The van der Waals surface area contributed by atoms with Gasteiger partial charge in [-0.3, -0.25) is 0 Å². The quantitative estimate of drug-likeness (QED) is 0.835. The van der Waals surface area contributed by atoms with Crippen LogP contribution in [0.3, 0.4) is 0 Å². The number of carbonyl (C=O) groups is 1. The topological polar surface area (TPSA) is 41.1 Å². The van der Waals surface area contributed by atoms with Crippen molar-refractivity contribution in [3.8, 4) is 0 Å². The molecule has 1 unspecified atom stereocenters. The van der Waals surface area contributed by atoms with E-state index in [4.69, 9.17) is 0 Å². The maximum atomic E-state index is 12.0. The summed E-state index contributed by atoms with van der Waals surface area (Å²) in [5.41, 5.74) is 1.88. The molecule has 0 radical (unpaired) electrons. The summed E-state index contributed by atoms with van der Waals surface area (Å²) in [7, 11) is 0. The van der Waals surface area contributed by atoms with Crippen molar-refractivity contribution >= 4 is 27.6 Å². The lowest BCUT2D eigenvalue weighted by Crippen LogP contribution is -2.32. The second kappa shape index (κ2) is 7.10. The molecule has 4 heteroatoms. The lowest BCUT2D eigenvalue weighted by atomic mass is 10.1. The zero-order chi connectivity index (χ0) is 14.4. The Morgan fingerprint density at radius 1 is 1.10 bits per heavy atom. The lowest BCUT2D eigenvalue weighted by molar-refractivity contribution is 0.248. The Morgan fingerprint density at radius 2 is 1.75 bits per heavy atom. The molecule has 0 aromatic heterocycles. The zero-order valence-corrected chi connectivity index (χ0v) is 12.9. The van der Waals surface area contributed by atoms with E-state index in [1.807, 2.05) is 54.6 Å². The van der Waals surface area contributed by atoms with Gasteiger partial charge in [0.25, 0.3) is 0 Å². The predicted octanol–water partition coefficient (Wildman–Crippen LogP) is 4.72. The molecular weight excluding hydrogens is 316 g/mol. The van der Waals surface area contributed by atoms with E-state index in [0.29, 0.717) is 0 Å². The molecule has 2 aromatic rings. The highest BCUT2D eigenvalue weighted by molar-refractivity contribution is 9.10. The van der Waals surface area contributed by atoms with Crippen molar-refractivity contribution in [3.63, 3.8) is 0 Å². The van der Waals surface area contributed by atoms with Gasteiger partial charge in [0, 0.05) is 10.2 Å². The van der Waals surface area contributed by atoms with Crippen molar-refractivity contribution in [2.45, 2.75) is 19.4 Å². The van der Waals surface area contributed by atoms with E-state index in [2.05, 4.69) is 33.5 Å². The van der Waals surface area contributed by atoms with Gasteiger partial charge in [-0.15, -0.1) is 0 Å². The van der Waals surface area contributed by atoms with Crippen molar-refractivity contribution < 1.29 is 4.79 Å². The summed E-state index contributed by atoms with van der Waals surface area (Å²) in [5.74, 6) is 0. The van der Waals surface area contributed by atoms with Crippen molar-refractivity contribution in [1.82, 2.24) is 5.32 Å². The standard InChI is InChI=1S/C16H17BrN2O/c1-2-15(12-6-4-3-5-7-12)19-16(20)18-14-10-8-13(17)9-11-14/h3-11,15H,2H2,1H3,(H2,18,19,20). The summed E-state index contributed by atoms with van der Waals surface area (Å²) in [5, 5.41) is 5.82. The summed E-state index contributed by atoms with van der Waals surface area (Å²) in [4.78, 5) is 12.0. The average Bonchev–Trinajstić information content (AvgIpc) is 2.48. The molecule has 0 fully saturated rings. The van der Waals surface area contributed by atoms with Gasteiger partial charge in [-0.05, 0) is 36.2 Å². The van der Waals surface area contributed by atoms with Crippen LogP contribution in [0.2, 0.25) is 0 Å². The van der Waals surface area contributed by atoms with E-state index in [1.165, 1.54) is 0 Å². The third-order valence-corrected chi connectivity index (χ3v) is 3.55. The predicted molar refractivity (Wildman–Crippen MR) is 85.8 cm³/mol. The molecule has 0 aliphatic carbocycles. The lowest BCUT2D eigenvalue weighted by Gasteiger charge is -2.18. The molecule has 3 nitrogen and oxygen atoms in total. The van der Waals surface area contributed by atoms with Crippen LogP contribution < -0.4 is 10.6 Å². The van der Waals surface area contributed by atoms with Gasteiger partial charge < -0.3 is 10.6 Å². The van der Waals surface area contributed by atoms with Crippen molar-refractivity contribution in [1.29, 1.82) is 0 Å². The molecule has 2 amide bonds. The van der Waals surface area contributed by atoms with Crippen molar-refractivity contribution in [2.75, 3.05) is 5.32 Å². The first-order valence-electron chi connectivity index (χ1n) is 6.57. The Morgan fingerprint density at radius 3 is 2.35 bits per heavy atom. The highest BCUT2D eigenvalue weighted by Crippen LogP contribution is 2.17. The molecule has 0 aliphatic heterocycles. The Labute approximate surface area is 127 Å². The summed E-state index contributed by atoms with van der Waals surface area (Å²) in [6, 6.07) is 17.3. The van der Waals surface area contributed by atoms with Crippen LogP contribution >= 0.6 is 15.9 Å². The number of carbonyl (C=O) groups excluding carboxylic acids is 1. The molecule has 1 atom stereocenters. The summed E-state index contributed by atoms with van der Waals surface area (Å²) < 4.78 is 0.985. The molecule has 2 N–H and O–H groups in total. The molecule has 0 saturated carbocycles. The number of halogens is 1. The minimum atomic E-state index is -0.192. The van der Waals surface area contributed by atoms with Crippen LogP contribution in [-0.4, -0.2) is 6.03 Å². The van der Waals surface area contributed by atoms with Crippen LogP contribution in [0, 0.1) is 0 Å². The van der Waals surface area contributed by atoms with Crippen LogP contribution in [0.25, 0.3) is 0 Å². The minimum absolute atomic E-state index is 0.0200. The molecule has 0 aliphatic rings. The molecule has 104 valence electrons. The third-order valence-electron chi connectivity index (χ3n) is 3.02. The fraction of sp³-hybridized carbons (Fsp3) is 0.188. The first-order valence-corrected chi connectivity index (χ1v) is 7.36. The Balaban J connectivity index is 1.97. The van der Waals surface area contributed by atoms with Crippen molar-refractivity contribution in [2.24, 2.45) is 0 Å². The molecule has 20 heavy (non-hydrogen) atoms. The molecule has 2 aromatic carbocycles. The summed E-state index contributed by atoms with van der Waals surface area (Å²) in [6.45, 7) is 2.05. The molecule has 2 rings (SSSR count). The fourth-order valence-corrected chi connectivity index (χ4v) is 2.23. The maximum absolute atomic E-state index is 12.0. The van der Waals surface area contributed by atoms with Gasteiger partial charge >= 0.3 is 6.03 Å². The highest BCUT2D eigenvalue weighted by Gasteiger charge is 2.12. The Kier molecular flexibility index (Phi) is 5.18. The van der Waals surface area contributed by atoms with Crippen molar-refractivity contribution in [3.05, 3.63) is 64.6 Å². The first-order chi connectivity index (χ1) is 9.69. The maximum Gasteiger partial charge on any atom is 0.319 e. The zero-order valence-electron chi connectivity index (χ0n) is 11.3. The van der Waals surface area contributed by atoms with Gasteiger partial charge in [-0.2, -0.15) is 0 Å². The van der Waals surface area contributed by atoms with Gasteiger partial charge in [0.05, 0.1) is 6.04 Å². The molecular formula is C16H17BrN2O. The number of amides is 2. The number of anilines is 1. The van der Waals surface area contributed by atoms with Gasteiger partial charge in [-0.1, -0.05) is 53.2 Å². The smallest absolute Gasteiger partial charge is 0.319 e. The van der Waals surface area contributed by atoms with E-state index >= 15 is 0 Å². The normalized spacial score (nSPS) is 11.7. The monoisotopic (exact) mass is 332 g/mol. The highest BCUT2D eigenvalue weighted by atomic mass is 79.9. The average molecular weight is 333 g/mol. The van der Waals surface area contributed by atoms with E-state index in [1.54, 1.807) is 0 Å². The van der Waals surface area contributed by atoms with Gasteiger partial charge in [0.2, 0.25) is 0 Å². The Bertz CT molecular complexity index is 554. The third kappa shape index (κ3) is 4.10. The number of nitrogens with one attached hydrogen (secondary N) is 2. The first kappa shape index (κ1) is 14.6. The second-order valence-corrected chi connectivity index (χ2v) is 5.39. The minimum Gasteiger partial charge on any atom is -0.331 e. The molecule has 0 bridgehead atoms. The van der Waals surface area contributed by atoms with Gasteiger partial charge in [0.15, 0.2) is 0 Å². The van der Waals surface area contributed by atoms with Crippen LogP contribution in [0.15, 0.2) is 59.1 Å². The number of hydrogen-bond acceptors (Lipinski definition) is 1. The summed E-state index contributed by atoms with van der Waals surface area (Å²) in [6.07, 6.45) is 0.845. The van der Waals surface area contributed by atoms with Crippen LogP contribution in [0.1, 0.15) is 24.9 Å². The van der Waals surface area contributed by atoms with Gasteiger partial charge in [-0.25, -0.2) is 4.79 Å². The van der Waals surface area contributed by atoms with E-state index in [0.717, 1.165) is 22.1 Å².